The van der Waals surface area contributed by atoms with Crippen molar-refractivity contribution in [2.75, 3.05) is 26.4 Å². The Labute approximate surface area is 150 Å². The lowest BCUT2D eigenvalue weighted by Gasteiger charge is -2.37. The summed E-state index contributed by atoms with van der Waals surface area (Å²) in [6.07, 6.45) is 1.66. The van der Waals surface area contributed by atoms with E-state index in [0.717, 1.165) is 11.4 Å². The van der Waals surface area contributed by atoms with E-state index < -0.39 is 0 Å². The number of guanidine groups is 1. The smallest absolute Gasteiger partial charge is 0.254 e. The summed E-state index contributed by atoms with van der Waals surface area (Å²) in [5.41, 5.74) is 5.83. The molecule has 1 aromatic carbocycles. The fourth-order valence-electron chi connectivity index (χ4n) is 3.29. The number of carbonyl (C=O) groups excluding carboxylic acids is 1. The second kappa shape index (κ2) is 6.62. The molecule has 3 aliphatic heterocycles. The Bertz CT molecular complexity index is 848. The van der Waals surface area contributed by atoms with Gasteiger partial charge in [0.2, 0.25) is 5.96 Å². The van der Waals surface area contributed by atoms with Gasteiger partial charge in [-0.05, 0) is 43.7 Å². The second-order valence-electron chi connectivity index (χ2n) is 6.51. The Kier molecular flexibility index (Phi) is 4.29. The number of nitrogens with one attached hydrogen (secondary N) is 1. The van der Waals surface area contributed by atoms with Crippen LogP contribution in [0.15, 0.2) is 40.0 Å². The largest absolute Gasteiger partial charge is 0.368 e. The zero-order valence-electron chi connectivity index (χ0n) is 14.7. The van der Waals surface area contributed by atoms with Gasteiger partial charge in [-0.2, -0.15) is 0 Å². The summed E-state index contributed by atoms with van der Waals surface area (Å²) < 4.78 is 19.4. The van der Waals surface area contributed by atoms with Crippen molar-refractivity contribution in [3.05, 3.63) is 46.9 Å². The molecular formula is C18H20FN5O2. The van der Waals surface area contributed by atoms with Gasteiger partial charge in [0.1, 0.15) is 18.6 Å². The van der Waals surface area contributed by atoms with E-state index in [0.29, 0.717) is 43.5 Å². The summed E-state index contributed by atoms with van der Waals surface area (Å²) in [5, 5.41) is 1.81. The third-order valence-corrected chi connectivity index (χ3v) is 4.63. The van der Waals surface area contributed by atoms with Crippen LogP contribution in [0.2, 0.25) is 0 Å². The van der Waals surface area contributed by atoms with Crippen LogP contribution in [0.25, 0.3) is 0 Å². The number of ether oxygens (including phenoxy) is 1. The van der Waals surface area contributed by atoms with Crippen molar-refractivity contribution in [2.45, 2.75) is 20.0 Å². The van der Waals surface area contributed by atoms with Crippen molar-refractivity contribution < 1.29 is 13.9 Å². The van der Waals surface area contributed by atoms with Crippen molar-refractivity contribution in [1.82, 2.24) is 15.3 Å². The molecule has 4 rings (SSSR count). The van der Waals surface area contributed by atoms with E-state index >= 15 is 0 Å². The van der Waals surface area contributed by atoms with E-state index in [9.17, 15) is 9.18 Å². The third kappa shape index (κ3) is 3.02. The molecule has 1 aromatic rings. The monoisotopic (exact) mass is 357 g/mol. The van der Waals surface area contributed by atoms with Gasteiger partial charge in [0, 0.05) is 17.8 Å². The number of fused-ring (bicyclic) bond motifs is 1. The summed E-state index contributed by atoms with van der Waals surface area (Å²) in [6.45, 7) is 5.38. The minimum Gasteiger partial charge on any atom is -0.368 e. The van der Waals surface area contributed by atoms with Crippen molar-refractivity contribution in [1.29, 1.82) is 0 Å². The maximum absolute atomic E-state index is 13.5. The SMILES string of the molecule is CC1=NC2=NCNN2C(C2CN(C(=O)c3ccc(F)c(C)c3)CCO2)=C1. The molecule has 1 N–H and O–H groups in total. The lowest BCUT2D eigenvalue weighted by molar-refractivity contribution is -0.0138. The first-order valence-electron chi connectivity index (χ1n) is 8.55. The van der Waals surface area contributed by atoms with E-state index in [-0.39, 0.29) is 17.8 Å². The zero-order valence-corrected chi connectivity index (χ0v) is 14.7. The van der Waals surface area contributed by atoms with Gasteiger partial charge < -0.3 is 9.64 Å². The molecule has 0 aromatic heterocycles. The molecule has 0 aliphatic carbocycles. The summed E-state index contributed by atoms with van der Waals surface area (Å²) in [5.74, 6) is 0.183. The van der Waals surface area contributed by atoms with Gasteiger partial charge in [-0.1, -0.05) is 0 Å². The minimum atomic E-state index is -0.310. The lowest BCUT2D eigenvalue weighted by atomic mass is 10.1. The fourth-order valence-corrected chi connectivity index (χ4v) is 3.29. The number of benzene rings is 1. The Morgan fingerprint density at radius 3 is 3.04 bits per heavy atom. The topological polar surface area (TPSA) is 69.5 Å². The summed E-state index contributed by atoms with van der Waals surface area (Å²) in [7, 11) is 0. The van der Waals surface area contributed by atoms with E-state index in [4.69, 9.17) is 4.74 Å². The fraction of sp³-hybridized carbons (Fsp3) is 0.389. The minimum absolute atomic E-state index is 0.119. The standard InChI is InChI=1S/C18H20FN5O2/c1-11-7-13(3-4-14(11)19)17(25)23-5-6-26-16(9-23)15-8-12(2)22-18-20-10-21-24(15)18/h3-4,7-8,16,21H,5-6,9-10H2,1-2H3. The van der Waals surface area contributed by atoms with Crippen molar-refractivity contribution in [3.8, 4) is 0 Å². The van der Waals surface area contributed by atoms with Gasteiger partial charge in [0.05, 0.1) is 18.8 Å². The van der Waals surface area contributed by atoms with Gasteiger partial charge in [-0.3, -0.25) is 4.79 Å². The van der Waals surface area contributed by atoms with Crippen LogP contribution in [-0.4, -0.2) is 60.0 Å². The Morgan fingerprint density at radius 2 is 2.23 bits per heavy atom. The molecule has 0 spiro atoms. The molecule has 136 valence electrons. The Hall–Kier alpha value is -2.58. The van der Waals surface area contributed by atoms with Crippen LogP contribution in [0, 0.1) is 12.7 Å². The average molecular weight is 357 g/mol. The van der Waals surface area contributed by atoms with E-state index in [2.05, 4.69) is 15.4 Å². The van der Waals surface area contributed by atoms with Gasteiger partial charge in [0.25, 0.3) is 5.91 Å². The highest BCUT2D eigenvalue weighted by atomic mass is 19.1. The number of hydrazine groups is 1. The molecule has 0 saturated carbocycles. The molecule has 1 fully saturated rings. The highest BCUT2D eigenvalue weighted by Crippen LogP contribution is 2.23. The first-order valence-corrected chi connectivity index (χ1v) is 8.55. The quantitative estimate of drug-likeness (QED) is 0.870. The third-order valence-electron chi connectivity index (χ3n) is 4.63. The first kappa shape index (κ1) is 16.9. The maximum Gasteiger partial charge on any atom is 0.254 e. The molecule has 3 heterocycles. The number of morpholine rings is 1. The van der Waals surface area contributed by atoms with Gasteiger partial charge in [-0.15, -0.1) is 0 Å². The molecule has 1 unspecified atom stereocenters. The van der Waals surface area contributed by atoms with Gasteiger partial charge in [0.15, 0.2) is 0 Å². The molecule has 26 heavy (non-hydrogen) atoms. The molecular weight excluding hydrogens is 337 g/mol. The van der Waals surface area contributed by atoms with E-state index in [1.165, 1.54) is 12.1 Å². The van der Waals surface area contributed by atoms with Crippen LogP contribution >= 0.6 is 0 Å². The number of aliphatic imine (C=N–C) groups is 2. The highest BCUT2D eigenvalue weighted by molar-refractivity contribution is 6.05. The van der Waals surface area contributed by atoms with Crippen LogP contribution < -0.4 is 5.43 Å². The molecule has 7 nitrogen and oxygen atoms in total. The number of hydrogen-bond acceptors (Lipinski definition) is 6. The van der Waals surface area contributed by atoms with Crippen molar-refractivity contribution >= 4 is 17.6 Å². The van der Waals surface area contributed by atoms with Crippen LogP contribution in [-0.2, 0) is 4.74 Å². The molecule has 8 heteroatoms. The first-order chi connectivity index (χ1) is 12.5. The lowest BCUT2D eigenvalue weighted by Crippen LogP contribution is -2.51. The molecule has 0 bridgehead atoms. The zero-order chi connectivity index (χ0) is 18.3. The molecule has 1 atom stereocenters. The Morgan fingerprint density at radius 1 is 1.38 bits per heavy atom. The Balaban J connectivity index is 1.54. The van der Waals surface area contributed by atoms with Crippen molar-refractivity contribution in [3.63, 3.8) is 0 Å². The molecule has 1 saturated heterocycles. The van der Waals surface area contributed by atoms with E-state index in [1.807, 2.05) is 18.0 Å². The maximum atomic E-state index is 13.5. The van der Waals surface area contributed by atoms with E-state index in [1.54, 1.807) is 17.9 Å². The van der Waals surface area contributed by atoms with Crippen LogP contribution in [0.1, 0.15) is 22.8 Å². The number of nitrogens with zero attached hydrogens (tertiary/aromatic N) is 4. The molecule has 3 aliphatic rings. The van der Waals surface area contributed by atoms with Crippen LogP contribution in [0.5, 0.6) is 0 Å². The molecule has 0 radical (unpaired) electrons. The normalized spacial score (nSPS) is 22.6. The predicted octanol–water partition coefficient (Wildman–Crippen LogP) is 1.47. The molecule has 1 amide bonds. The highest BCUT2D eigenvalue weighted by Gasteiger charge is 2.34. The summed E-state index contributed by atoms with van der Waals surface area (Å²) >= 11 is 0. The van der Waals surface area contributed by atoms with Gasteiger partial charge >= 0.3 is 0 Å². The summed E-state index contributed by atoms with van der Waals surface area (Å²) in [4.78, 5) is 23.3. The predicted molar refractivity (Wildman–Crippen MR) is 95.2 cm³/mol. The number of amides is 1. The number of hydrogen-bond donors (Lipinski definition) is 1. The van der Waals surface area contributed by atoms with Gasteiger partial charge in [-0.25, -0.2) is 24.8 Å². The number of rotatable bonds is 2. The average Bonchev–Trinajstić information content (AvgIpc) is 3.11. The number of carbonyl (C=O) groups is 1. The number of halogens is 1. The summed E-state index contributed by atoms with van der Waals surface area (Å²) in [6, 6.07) is 4.45. The van der Waals surface area contributed by atoms with Crippen LogP contribution in [0.4, 0.5) is 4.39 Å². The van der Waals surface area contributed by atoms with Crippen molar-refractivity contribution in [2.24, 2.45) is 9.98 Å². The number of allylic oxidation sites excluding steroid dienone is 1. The number of aryl methyl sites for hydroxylation is 1. The second-order valence-corrected chi connectivity index (χ2v) is 6.51. The van der Waals surface area contributed by atoms with Crippen LogP contribution in [0.3, 0.4) is 0 Å².